The molecule has 3 rings (SSSR count). The Hall–Kier alpha value is -2.43. The lowest BCUT2D eigenvalue weighted by molar-refractivity contribution is 0.0823. The van der Waals surface area contributed by atoms with Crippen LogP contribution < -0.4 is 10.1 Å². The van der Waals surface area contributed by atoms with Crippen LogP contribution in [0.4, 0.5) is 5.69 Å². The van der Waals surface area contributed by atoms with Crippen molar-refractivity contribution in [2.45, 2.75) is 19.3 Å². The molecular weight excluding hydrogens is 280 g/mol. The van der Waals surface area contributed by atoms with Gasteiger partial charge in [-0.15, -0.1) is 0 Å². The van der Waals surface area contributed by atoms with Gasteiger partial charge in [-0.2, -0.15) is 0 Å². The van der Waals surface area contributed by atoms with Gasteiger partial charge in [0.1, 0.15) is 0 Å². The Morgan fingerprint density at radius 1 is 1.36 bits per heavy atom. The second-order valence-electron chi connectivity index (χ2n) is 5.46. The maximum Gasteiger partial charge on any atom is 0.260 e. The zero-order valence-electron chi connectivity index (χ0n) is 12.8. The highest BCUT2D eigenvalue weighted by atomic mass is 16.5. The Morgan fingerprint density at radius 3 is 2.91 bits per heavy atom. The number of hydrogen-bond donors (Lipinski definition) is 2. The standard InChI is InChI=1S/C17H20N2O3/c1-18-13-10-15(20)16(22-2)9-12(13)17(21)19-8-7-11-5-3-4-6-14(11)19/h4,6,9-10,18,20H,3,5,7-8H2,1-2H3. The Kier molecular flexibility index (Phi) is 3.79. The molecule has 1 aliphatic carbocycles. The van der Waals surface area contributed by atoms with Crippen molar-refractivity contribution in [3.8, 4) is 11.5 Å². The van der Waals surface area contributed by atoms with Gasteiger partial charge >= 0.3 is 0 Å². The van der Waals surface area contributed by atoms with Gasteiger partial charge in [0, 0.05) is 25.4 Å². The molecule has 5 nitrogen and oxygen atoms in total. The first-order valence-electron chi connectivity index (χ1n) is 7.45. The lowest BCUT2D eigenvalue weighted by Gasteiger charge is -2.22. The van der Waals surface area contributed by atoms with Gasteiger partial charge in [0.25, 0.3) is 5.91 Å². The maximum absolute atomic E-state index is 12.9. The molecule has 5 heteroatoms. The van der Waals surface area contributed by atoms with Crippen LogP contribution in [0.2, 0.25) is 0 Å². The van der Waals surface area contributed by atoms with Crippen LogP contribution in [0, 0.1) is 0 Å². The number of aromatic hydroxyl groups is 1. The fourth-order valence-corrected chi connectivity index (χ4v) is 3.07. The molecule has 0 atom stereocenters. The van der Waals surface area contributed by atoms with E-state index in [1.165, 1.54) is 18.7 Å². The van der Waals surface area contributed by atoms with Crippen molar-refractivity contribution < 1.29 is 14.6 Å². The first-order valence-corrected chi connectivity index (χ1v) is 7.45. The number of phenols is 1. The minimum absolute atomic E-state index is 0.0160. The van der Waals surface area contributed by atoms with Crippen molar-refractivity contribution in [2.24, 2.45) is 0 Å². The van der Waals surface area contributed by atoms with Crippen LogP contribution in [0.3, 0.4) is 0 Å². The van der Waals surface area contributed by atoms with Gasteiger partial charge in [0.2, 0.25) is 0 Å². The number of anilines is 1. The van der Waals surface area contributed by atoms with E-state index in [0.717, 1.165) is 25.0 Å². The van der Waals surface area contributed by atoms with Crippen molar-refractivity contribution in [3.05, 3.63) is 41.1 Å². The van der Waals surface area contributed by atoms with E-state index in [4.69, 9.17) is 4.74 Å². The van der Waals surface area contributed by atoms with Crippen molar-refractivity contribution >= 4 is 11.6 Å². The van der Waals surface area contributed by atoms with Crippen LogP contribution >= 0.6 is 0 Å². The van der Waals surface area contributed by atoms with Gasteiger partial charge in [0.05, 0.1) is 18.4 Å². The average Bonchev–Trinajstić information content (AvgIpc) is 2.98. The monoisotopic (exact) mass is 300 g/mol. The molecule has 1 aromatic rings. The summed E-state index contributed by atoms with van der Waals surface area (Å²) >= 11 is 0. The zero-order valence-corrected chi connectivity index (χ0v) is 12.8. The Morgan fingerprint density at radius 2 is 2.18 bits per heavy atom. The second kappa shape index (κ2) is 5.75. The number of ether oxygens (including phenoxy) is 1. The molecule has 116 valence electrons. The number of hydrogen-bond acceptors (Lipinski definition) is 4. The fraction of sp³-hybridized carbons (Fsp3) is 0.353. The lowest BCUT2D eigenvalue weighted by atomic mass is 10.0. The van der Waals surface area contributed by atoms with Crippen molar-refractivity contribution in [1.82, 2.24) is 4.90 Å². The number of amides is 1. The van der Waals surface area contributed by atoms with Crippen LogP contribution in [-0.2, 0) is 0 Å². The molecule has 1 amide bonds. The summed E-state index contributed by atoms with van der Waals surface area (Å²) in [7, 11) is 3.20. The summed E-state index contributed by atoms with van der Waals surface area (Å²) in [6.07, 6.45) is 7.18. The van der Waals surface area contributed by atoms with Crippen LogP contribution in [0.1, 0.15) is 29.6 Å². The van der Waals surface area contributed by atoms with Crippen molar-refractivity contribution in [2.75, 3.05) is 26.0 Å². The van der Waals surface area contributed by atoms with Crippen LogP contribution in [0.5, 0.6) is 11.5 Å². The topological polar surface area (TPSA) is 61.8 Å². The molecule has 0 unspecified atom stereocenters. The molecule has 1 heterocycles. The van der Waals surface area contributed by atoms with Crippen molar-refractivity contribution in [3.63, 3.8) is 0 Å². The molecule has 0 radical (unpaired) electrons. The quantitative estimate of drug-likeness (QED) is 0.901. The van der Waals surface area contributed by atoms with Crippen LogP contribution in [-0.4, -0.2) is 36.6 Å². The highest BCUT2D eigenvalue weighted by molar-refractivity contribution is 6.02. The summed E-state index contributed by atoms with van der Waals surface area (Å²) < 4.78 is 5.13. The third-order valence-electron chi connectivity index (χ3n) is 4.24. The summed E-state index contributed by atoms with van der Waals surface area (Å²) in [5, 5.41) is 12.8. The van der Waals surface area contributed by atoms with Crippen LogP contribution in [0.15, 0.2) is 35.6 Å². The van der Waals surface area contributed by atoms with Gasteiger partial charge in [-0.05, 0) is 37.0 Å². The highest BCUT2D eigenvalue weighted by Crippen LogP contribution is 2.36. The van der Waals surface area contributed by atoms with Gasteiger partial charge in [-0.1, -0.05) is 6.08 Å². The number of phenolic OH excluding ortho intramolecular Hbond substituents is 1. The lowest BCUT2D eigenvalue weighted by Crippen LogP contribution is -2.28. The smallest absolute Gasteiger partial charge is 0.260 e. The molecule has 0 spiro atoms. The molecule has 2 N–H and O–H groups in total. The number of carbonyl (C=O) groups excluding carboxylic acids is 1. The molecule has 0 aromatic heterocycles. The predicted molar refractivity (Wildman–Crippen MR) is 85.3 cm³/mol. The van der Waals surface area contributed by atoms with E-state index in [1.807, 2.05) is 11.0 Å². The molecule has 0 bridgehead atoms. The molecule has 2 aliphatic rings. The number of methoxy groups -OCH3 is 1. The van der Waals surface area contributed by atoms with Gasteiger partial charge < -0.3 is 20.1 Å². The molecular formula is C17H20N2O3. The van der Waals surface area contributed by atoms with E-state index in [0.29, 0.717) is 23.5 Å². The van der Waals surface area contributed by atoms with E-state index >= 15 is 0 Å². The van der Waals surface area contributed by atoms with E-state index in [2.05, 4.69) is 11.4 Å². The highest BCUT2D eigenvalue weighted by Gasteiger charge is 2.29. The first kappa shape index (κ1) is 14.5. The summed E-state index contributed by atoms with van der Waals surface area (Å²) in [5.74, 6) is 0.247. The molecule has 1 aliphatic heterocycles. The number of nitrogens with one attached hydrogen (secondary N) is 1. The number of nitrogens with zero attached hydrogens (tertiary/aromatic N) is 1. The summed E-state index contributed by atoms with van der Waals surface area (Å²) in [6, 6.07) is 3.11. The Bertz CT molecular complexity index is 677. The predicted octanol–water partition coefficient (Wildman–Crippen LogP) is 2.89. The van der Waals surface area contributed by atoms with Crippen LogP contribution in [0.25, 0.3) is 0 Å². The molecule has 1 aromatic carbocycles. The third kappa shape index (κ3) is 2.32. The second-order valence-corrected chi connectivity index (χ2v) is 5.46. The average molecular weight is 300 g/mol. The first-order chi connectivity index (χ1) is 10.7. The summed E-state index contributed by atoms with van der Waals surface area (Å²) in [6.45, 7) is 0.709. The SMILES string of the molecule is CNc1cc(O)c(OC)cc1C(=O)N1CCC2=C1C=CCC2. The van der Waals surface area contributed by atoms with E-state index in [-0.39, 0.29) is 11.7 Å². The summed E-state index contributed by atoms with van der Waals surface area (Å²) in [4.78, 5) is 14.8. The number of benzene rings is 1. The zero-order chi connectivity index (χ0) is 15.7. The molecule has 0 saturated carbocycles. The third-order valence-corrected chi connectivity index (χ3v) is 4.24. The normalized spacial score (nSPS) is 16.7. The minimum atomic E-state index is -0.0702. The number of rotatable bonds is 3. The molecule has 0 saturated heterocycles. The number of allylic oxidation sites excluding steroid dienone is 2. The van der Waals surface area contributed by atoms with Gasteiger partial charge in [0.15, 0.2) is 11.5 Å². The van der Waals surface area contributed by atoms with Crippen molar-refractivity contribution in [1.29, 1.82) is 0 Å². The fourth-order valence-electron chi connectivity index (χ4n) is 3.07. The Balaban J connectivity index is 1.99. The minimum Gasteiger partial charge on any atom is -0.504 e. The number of carbonyl (C=O) groups is 1. The Labute approximate surface area is 129 Å². The van der Waals surface area contributed by atoms with E-state index in [9.17, 15) is 9.90 Å². The largest absolute Gasteiger partial charge is 0.504 e. The van der Waals surface area contributed by atoms with Gasteiger partial charge in [-0.3, -0.25) is 4.79 Å². The molecule has 0 fully saturated rings. The van der Waals surface area contributed by atoms with Gasteiger partial charge in [-0.25, -0.2) is 0 Å². The maximum atomic E-state index is 12.9. The molecule has 22 heavy (non-hydrogen) atoms. The van der Waals surface area contributed by atoms with E-state index < -0.39 is 0 Å². The summed E-state index contributed by atoms with van der Waals surface area (Å²) in [5.41, 5.74) is 3.49. The van der Waals surface area contributed by atoms with E-state index in [1.54, 1.807) is 13.1 Å².